The summed E-state index contributed by atoms with van der Waals surface area (Å²) < 4.78 is 89.7. The first-order valence-electron chi connectivity index (χ1n) is 15.9. The second kappa shape index (κ2) is 14.6. The zero-order valence-electron chi connectivity index (χ0n) is 30.1. The number of benzene rings is 4. The molecule has 0 amide bonds. The topological polar surface area (TPSA) is 112 Å². The summed E-state index contributed by atoms with van der Waals surface area (Å²) in [5, 5.41) is 37.7. The largest absolute Gasteiger partial charge is 0.418 e. The standard InChI is InChI=1S/C35H36F6N12/c1-50(2)46-42-28-16-13-21(19-26(28)34(36,37)38)33(22-14-17-29(43-47-51(3)4)27(20-22)35(39,40)41)25-12-10-9-11-23(25)24-15-18-30(44-48-52(5)6)32(31(24)33)45-49-53(7)8/h9-20H,1-8H3. The molecule has 0 aromatic heterocycles. The van der Waals surface area contributed by atoms with Gasteiger partial charge in [-0.15, -0.1) is 20.5 Å². The average Bonchev–Trinajstić information content (AvgIpc) is 3.38. The first-order valence-corrected chi connectivity index (χ1v) is 15.9. The molecule has 0 aliphatic heterocycles. The molecule has 0 unspecified atom stereocenters. The summed E-state index contributed by atoms with van der Waals surface area (Å²) in [6.07, 6.45) is -9.89. The van der Waals surface area contributed by atoms with Crippen LogP contribution in [0.4, 0.5) is 49.1 Å². The van der Waals surface area contributed by atoms with Crippen LogP contribution in [0.1, 0.15) is 33.4 Å². The summed E-state index contributed by atoms with van der Waals surface area (Å²) in [6, 6.07) is 17.0. The fourth-order valence-corrected chi connectivity index (χ4v) is 6.03. The Kier molecular flexibility index (Phi) is 10.5. The van der Waals surface area contributed by atoms with Crippen LogP contribution >= 0.6 is 0 Å². The second-order valence-electron chi connectivity index (χ2n) is 12.8. The van der Waals surface area contributed by atoms with Gasteiger partial charge in [0.2, 0.25) is 0 Å². The molecule has 0 fully saturated rings. The van der Waals surface area contributed by atoms with Gasteiger partial charge in [-0.3, -0.25) is 20.0 Å². The summed E-state index contributed by atoms with van der Waals surface area (Å²) in [5.41, 5.74) is -3.30. The Bertz CT molecular complexity index is 2020. The maximum absolute atomic E-state index is 14.9. The molecule has 0 radical (unpaired) electrons. The van der Waals surface area contributed by atoms with Gasteiger partial charge in [0, 0.05) is 61.9 Å². The van der Waals surface area contributed by atoms with Gasteiger partial charge in [0.05, 0.1) is 27.9 Å². The molecule has 0 N–H and O–H groups in total. The lowest BCUT2D eigenvalue weighted by Crippen LogP contribution is -2.30. The van der Waals surface area contributed by atoms with Crippen molar-refractivity contribution in [1.29, 1.82) is 0 Å². The molecule has 1 aliphatic carbocycles. The molecule has 0 spiro atoms. The van der Waals surface area contributed by atoms with E-state index in [2.05, 4.69) is 41.4 Å². The first kappa shape index (κ1) is 38.3. The Morgan fingerprint density at radius 1 is 0.472 bits per heavy atom. The lowest BCUT2D eigenvalue weighted by Gasteiger charge is -2.35. The number of fused-ring (bicyclic) bond motifs is 3. The fraction of sp³-hybridized carbons (Fsp3) is 0.314. The Hall–Kier alpha value is -5.94. The van der Waals surface area contributed by atoms with Crippen LogP contribution in [0.3, 0.4) is 0 Å². The highest BCUT2D eigenvalue weighted by Gasteiger charge is 2.51. The molecule has 12 nitrogen and oxygen atoms in total. The molecule has 5 rings (SSSR count). The van der Waals surface area contributed by atoms with Crippen LogP contribution in [0.25, 0.3) is 11.1 Å². The summed E-state index contributed by atoms with van der Waals surface area (Å²) in [4.78, 5) is 0. The van der Waals surface area contributed by atoms with E-state index in [1.54, 1.807) is 64.6 Å². The van der Waals surface area contributed by atoms with Gasteiger partial charge in [-0.1, -0.05) is 63.4 Å². The van der Waals surface area contributed by atoms with E-state index >= 15 is 0 Å². The highest BCUT2D eigenvalue weighted by molar-refractivity contribution is 5.93. The van der Waals surface area contributed by atoms with E-state index in [1.165, 1.54) is 60.4 Å². The van der Waals surface area contributed by atoms with Crippen molar-refractivity contribution in [3.63, 3.8) is 0 Å². The third-order valence-electron chi connectivity index (χ3n) is 7.94. The molecular weight excluding hydrogens is 702 g/mol. The van der Waals surface area contributed by atoms with Gasteiger partial charge < -0.3 is 0 Å². The number of alkyl halides is 6. The summed E-state index contributed by atoms with van der Waals surface area (Å²) in [6.45, 7) is 0. The van der Waals surface area contributed by atoms with E-state index in [1.807, 2.05) is 0 Å². The van der Waals surface area contributed by atoms with Crippen molar-refractivity contribution in [3.8, 4) is 11.1 Å². The normalized spacial score (nSPS) is 15.9. The quantitative estimate of drug-likeness (QED) is 0.0806. The fourth-order valence-electron chi connectivity index (χ4n) is 6.03. The van der Waals surface area contributed by atoms with Crippen LogP contribution in [0, 0.1) is 0 Å². The second-order valence-corrected chi connectivity index (χ2v) is 12.8. The zero-order valence-corrected chi connectivity index (χ0v) is 30.1. The van der Waals surface area contributed by atoms with Crippen LogP contribution in [0.5, 0.6) is 0 Å². The predicted octanol–water partition coefficient (Wildman–Crippen LogP) is 10.3. The Morgan fingerprint density at radius 3 is 1.34 bits per heavy atom. The van der Waals surface area contributed by atoms with Gasteiger partial charge in [-0.25, -0.2) is 0 Å². The van der Waals surface area contributed by atoms with Gasteiger partial charge >= 0.3 is 12.4 Å². The third-order valence-corrected chi connectivity index (χ3v) is 7.94. The lowest BCUT2D eigenvalue weighted by atomic mass is 9.66. The van der Waals surface area contributed by atoms with Gasteiger partial charge in [0.15, 0.2) is 0 Å². The lowest BCUT2D eigenvalue weighted by molar-refractivity contribution is -0.137. The van der Waals surface area contributed by atoms with Crippen LogP contribution in [-0.2, 0) is 17.8 Å². The summed E-state index contributed by atoms with van der Waals surface area (Å²) in [7, 11) is 12.5. The highest BCUT2D eigenvalue weighted by Crippen LogP contribution is 2.62. The van der Waals surface area contributed by atoms with Crippen molar-refractivity contribution in [1.82, 2.24) is 20.0 Å². The van der Waals surface area contributed by atoms with Gasteiger partial charge in [0.1, 0.15) is 11.4 Å². The van der Waals surface area contributed by atoms with Crippen molar-refractivity contribution >= 4 is 22.7 Å². The maximum atomic E-state index is 14.9. The third kappa shape index (κ3) is 7.66. The molecule has 0 saturated carbocycles. The SMILES string of the molecule is CN(C)N=Nc1ccc(C2(c3ccc(N=NN(C)C)c(C(F)(F)F)c3)c3ccccc3-c3ccc(N=NN(C)C)c(N=NN(C)C)c32)cc1C(F)(F)F. The Labute approximate surface area is 301 Å². The molecule has 4 aromatic carbocycles. The van der Waals surface area contributed by atoms with Crippen LogP contribution in [0.15, 0.2) is 114 Å². The Balaban J connectivity index is 2.05. The first-order chi connectivity index (χ1) is 24.8. The Morgan fingerprint density at radius 2 is 0.887 bits per heavy atom. The predicted molar refractivity (Wildman–Crippen MR) is 187 cm³/mol. The molecular formula is C35H36F6N12. The smallest absolute Gasteiger partial charge is 0.285 e. The van der Waals surface area contributed by atoms with Crippen LogP contribution in [-0.4, -0.2) is 76.4 Å². The molecule has 278 valence electrons. The van der Waals surface area contributed by atoms with Crippen molar-refractivity contribution in [3.05, 3.63) is 106 Å². The number of hydrogen-bond acceptors (Lipinski definition) is 8. The number of nitrogens with zero attached hydrogens (tertiary/aromatic N) is 12. The van der Waals surface area contributed by atoms with E-state index < -0.39 is 40.3 Å². The minimum Gasteiger partial charge on any atom is -0.285 e. The minimum atomic E-state index is -4.94. The molecule has 4 aromatic rings. The van der Waals surface area contributed by atoms with Gasteiger partial charge in [0.25, 0.3) is 0 Å². The molecule has 0 bridgehead atoms. The van der Waals surface area contributed by atoms with Crippen LogP contribution in [0.2, 0.25) is 0 Å². The van der Waals surface area contributed by atoms with Gasteiger partial charge in [-0.2, -0.15) is 26.3 Å². The molecule has 0 heterocycles. The molecule has 1 aliphatic rings. The van der Waals surface area contributed by atoms with E-state index in [4.69, 9.17) is 0 Å². The minimum absolute atomic E-state index is 0.0291. The molecule has 53 heavy (non-hydrogen) atoms. The molecule has 0 atom stereocenters. The monoisotopic (exact) mass is 738 g/mol. The summed E-state index contributed by atoms with van der Waals surface area (Å²) >= 11 is 0. The molecule has 0 saturated heterocycles. The summed E-state index contributed by atoms with van der Waals surface area (Å²) in [5.74, 6) is 0. The van der Waals surface area contributed by atoms with Crippen LogP contribution < -0.4 is 0 Å². The number of rotatable bonds is 10. The van der Waals surface area contributed by atoms with Gasteiger partial charge in [-0.05, 0) is 58.1 Å². The van der Waals surface area contributed by atoms with E-state index in [0.29, 0.717) is 16.7 Å². The highest BCUT2D eigenvalue weighted by atomic mass is 19.4. The maximum Gasteiger partial charge on any atom is 0.418 e. The molecule has 18 heteroatoms. The number of hydrogen-bond donors (Lipinski definition) is 0. The van der Waals surface area contributed by atoms with Crippen molar-refractivity contribution in [2.75, 3.05) is 56.4 Å². The van der Waals surface area contributed by atoms with E-state index in [-0.39, 0.29) is 28.1 Å². The number of halogens is 6. The van der Waals surface area contributed by atoms with Crippen molar-refractivity contribution in [2.45, 2.75) is 17.8 Å². The van der Waals surface area contributed by atoms with Crippen molar-refractivity contribution in [2.24, 2.45) is 41.4 Å². The van der Waals surface area contributed by atoms with E-state index in [0.717, 1.165) is 24.3 Å². The van der Waals surface area contributed by atoms with Crippen molar-refractivity contribution < 1.29 is 26.3 Å². The average molecular weight is 739 g/mol. The van der Waals surface area contributed by atoms with E-state index in [9.17, 15) is 26.3 Å². The zero-order chi connectivity index (χ0) is 38.9.